The molecule has 1 fully saturated rings. The molecule has 18 heavy (non-hydrogen) atoms. The number of nitrogens with one attached hydrogen (secondary N) is 2. The van der Waals surface area contributed by atoms with Crippen molar-refractivity contribution in [2.45, 2.75) is 18.4 Å². The van der Waals surface area contributed by atoms with Gasteiger partial charge in [-0.15, -0.1) is 0 Å². The van der Waals surface area contributed by atoms with Gasteiger partial charge in [0.2, 0.25) is 5.95 Å². The van der Waals surface area contributed by atoms with Crippen LogP contribution in [0.25, 0.3) is 0 Å². The highest BCUT2D eigenvalue weighted by Gasteiger charge is 2.32. The van der Waals surface area contributed by atoms with Crippen LogP contribution in [0.15, 0.2) is 10.7 Å². The van der Waals surface area contributed by atoms with E-state index < -0.39 is 0 Å². The zero-order valence-corrected chi connectivity index (χ0v) is 11.8. The van der Waals surface area contributed by atoms with Gasteiger partial charge in [-0.25, -0.2) is 4.98 Å². The fraction of sp³-hybridized carbons (Fsp3) is 0.636. The first-order valence-electron chi connectivity index (χ1n) is 5.86. The molecule has 0 bridgehead atoms. The maximum atomic E-state index is 9.63. The summed E-state index contributed by atoms with van der Waals surface area (Å²) in [5, 5.41) is 15.8. The van der Waals surface area contributed by atoms with Crippen molar-refractivity contribution in [1.82, 2.24) is 9.97 Å². The number of hydrogen-bond acceptors (Lipinski definition) is 6. The van der Waals surface area contributed by atoms with Crippen molar-refractivity contribution in [3.05, 3.63) is 10.7 Å². The van der Waals surface area contributed by atoms with Gasteiger partial charge in [0.05, 0.1) is 16.6 Å². The fourth-order valence-corrected chi connectivity index (χ4v) is 2.20. The molecular weight excluding hydrogens is 300 g/mol. The zero-order valence-electron chi connectivity index (χ0n) is 10.2. The standard InChI is InChI=1S/C11H17BrN4O2/c1-13-10-14-6-8(12)9(15-10)16-11(7-17)2-4-18-5-3-11/h6,17H,2-5,7H2,1H3,(H2,13,14,15,16). The second-order valence-electron chi connectivity index (χ2n) is 4.32. The highest BCUT2D eigenvalue weighted by atomic mass is 79.9. The van der Waals surface area contributed by atoms with Gasteiger partial charge in [-0.05, 0) is 28.8 Å². The number of aliphatic hydroxyl groups excluding tert-OH is 1. The Morgan fingerprint density at radius 2 is 2.22 bits per heavy atom. The lowest BCUT2D eigenvalue weighted by Crippen LogP contribution is -2.47. The summed E-state index contributed by atoms with van der Waals surface area (Å²) in [5.74, 6) is 1.23. The lowest BCUT2D eigenvalue weighted by molar-refractivity contribution is 0.0378. The number of aliphatic hydroxyl groups is 1. The first kappa shape index (κ1) is 13.5. The first-order valence-corrected chi connectivity index (χ1v) is 6.65. The van der Waals surface area contributed by atoms with E-state index in [9.17, 15) is 5.11 Å². The zero-order chi connectivity index (χ0) is 13.0. The van der Waals surface area contributed by atoms with E-state index in [4.69, 9.17) is 4.74 Å². The maximum absolute atomic E-state index is 9.63. The molecule has 0 atom stereocenters. The minimum Gasteiger partial charge on any atom is -0.394 e. The summed E-state index contributed by atoms with van der Waals surface area (Å²) in [5.41, 5.74) is -0.361. The van der Waals surface area contributed by atoms with E-state index in [1.54, 1.807) is 13.2 Å². The summed E-state index contributed by atoms with van der Waals surface area (Å²) in [6.07, 6.45) is 3.20. The number of anilines is 2. The van der Waals surface area contributed by atoms with Crippen LogP contribution < -0.4 is 10.6 Å². The molecule has 0 amide bonds. The van der Waals surface area contributed by atoms with E-state index in [0.29, 0.717) is 25.0 Å². The van der Waals surface area contributed by atoms with Crippen molar-refractivity contribution in [2.75, 3.05) is 37.5 Å². The van der Waals surface area contributed by atoms with E-state index in [-0.39, 0.29) is 12.1 Å². The summed E-state index contributed by atoms with van der Waals surface area (Å²) in [6, 6.07) is 0. The van der Waals surface area contributed by atoms with Gasteiger partial charge in [0.1, 0.15) is 5.82 Å². The molecule has 1 aromatic rings. The Kier molecular flexibility index (Phi) is 4.36. The van der Waals surface area contributed by atoms with E-state index in [2.05, 4.69) is 36.5 Å². The van der Waals surface area contributed by atoms with Crippen molar-refractivity contribution < 1.29 is 9.84 Å². The molecule has 0 spiro atoms. The molecule has 7 heteroatoms. The predicted octanol–water partition coefficient (Wildman–Crippen LogP) is 1.23. The molecule has 2 heterocycles. The van der Waals surface area contributed by atoms with Crippen LogP contribution in [0.3, 0.4) is 0 Å². The summed E-state index contributed by atoms with van der Waals surface area (Å²) >= 11 is 3.41. The lowest BCUT2D eigenvalue weighted by atomic mass is 9.91. The van der Waals surface area contributed by atoms with Crippen LogP contribution in [0.4, 0.5) is 11.8 Å². The molecule has 0 radical (unpaired) electrons. The molecule has 100 valence electrons. The normalized spacial score (nSPS) is 18.4. The molecule has 3 N–H and O–H groups in total. The van der Waals surface area contributed by atoms with E-state index in [1.807, 2.05) is 0 Å². The Labute approximate surface area is 114 Å². The van der Waals surface area contributed by atoms with Crippen LogP contribution in [0.1, 0.15) is 12.8 Å². The minimum atomic E-state index is -0.361. The molecular formula is C11H17BrN4O2. The highest BCUT2D eigenvalue weighted by Crippen LogP contribution is 2.29. The van der Waals surface area contributed by atoms with Crippen molar-refractivity contribution in [1.29, 1.82) is 0 Å². The van der Waals surface area contributed by atoms with Gasteiger partial charge in [0.25, 0.3) is 0 Å². The highest BCUT2D eigenvalue weighted by molar-refractivity contribution is 9.10. The molecule has 1 saturated heterocycles. The largest absolute Gasteiger partial charge is 0.394 e. The third-order valence-corrected chi connectivity index (χ3v) is 3.68. The molecule has 2 rings (SSSR count). The summed E-state index contributed by atoms with van der Waals surface area (Å²) < 4.78 is 6.11. The van der Waals surface area contributed by atoms with E-state index in [1.165, 1.54) is 0 Å². The third-order valence-electron chi connectivity index (χ3n) is 3.10. The number of hydrogen-bond donors (Lipinski definition) is 3. The third kappa shape index (κ3) is 2.90. The molecule has 6 nitrogen and oxygen atoms in total. The van der Waals surface area contributed by atoms with Gasteiger partial charge in [0.15, 0.2) is 0 Å². The van der Waals surface area contributed by atoms with Crippen LogP contribution in [0.2, 0.25) is 0 Å². The average molecular weight is 317 g/mol. The van der Waals surface area contributed by atoms with E-state index in [0.717, 1.165) is 17.3 Å². The maximum Gasteiger partial charge on any atom is 0.224 e. The van der Waals surface area contributed by atoms with Crippen LogP contribution in [0, 0.1) is 0 Å². The summed E-state index contributed by atoms with van der Waals surface area (Å²) in [7, 11) is 1.77. The number of halogens is 1. The Morgan fingerprint density at radius 3 is 2.83 bits per heavy atom. The van der Waals surface area contributed by atoms with Gasteiger partial charge >= 0.3 is 0 Å². The Bertz CT molecular complexity index is 410. The molecule has 0 aliphatic carbocycles. The molecule has 1 aliphatic heterocycles. The summed E-state index contributed by atoms with van der Waals surface area (Å²) in [4.78, 5) is 8.45. The summed E-state index contributed by atoms with van der Waals surface area (Å²) in [6.45, 7) is 1.35. The van der Waals surface area contributed by atoms with E-state index >= 15 is 0 Å². The monoisotopic (exact) mass is 316 g/mol. The first-order chi connectivity index (χ1) is 8.69. The number of ether oxygens (including phenoxy) is 1. The quantitative estimate of drug-likeness (QED) is 0.775. The number of aromatic nitrogens is 2. The van der Waals surface area contributed by atoms with Crippen LogP contribution in [-0.2, 0) is 4.74 Å². The molecule has 1 aromatic heterocycles. The van der Waals surface area contributed by atoms with Crippen molar-refractivity contribution in [2.24, 2.45) is 0 Å². The van der Waals surface area contributed by atoms with Gasteiger partial charge < -0.3 is 20.5 Å². The molecule has 0 saturated carbocycles. The Hall–Kier alpha value is -0.920. The van der Waals surface area contributed by atoms with Gasteiger partial charge in [0, 0.05) is 26.5 Å². The number of rotatable bonds is 4. The topological polar surface area (TPSA) is 79.3 Å². The minimum absolute atomic E-state index is 0.0572. The smallest absolute Gasteiger partial charge is 0.224 e. The van der Waals surface area contributed by atoms with Gasteiger partial charge in [-0.2, -0.15) is 4.98 Å². The Balaban J connectivity index is 2.20. The van der Waals surface area contributed by atoms with Crippen LogP contribution in [-0.4, -0.2) is 47.5 Å². The molecule has 0 unspecified atom stereocenters. The number of nitrogens with zero attached hydrogens (tertiary/aromatic N) is 2. The molecule has 1 aliphatic rings. The van der Waals surface area contributed by atoms with Crippen molar-refractivity contribution in [3.8, 4) is 0 Å². The van der Waals surface area contributed by atoms with Crippen molar-refractivity contribution >= 4 is 27.7 Å². The second kappa shape index (κ2) is 5.81. The van der Waals surface area contributed by atoms with Crippen molar-refractivity contribution in [3.63, 3.8) is 0 Å². The van der Waals surface area contributed by atoms with Crippen LogP contribution in [0.5, 0.6) is 0 Å². The van der Waals surface area contributed by atoms with Gasteiger partial charge in [-0.1, -0.05) is 0 Å². The Morgan fingerprint density at radius 1 is 1.50 bits per heavy atom. The van der Waals surface area contributed by atoms with Crippen LogP contribution >= 0.6 is 15.9 Å². The second-order valence-corrected chi connectivity index (χ2v) is 5.17. The average Bonchev–Trinajstić information content (AvgIpc) is 2.42. The SMILES string of the molecule is CNc1ncc(Br)c(NC2(CO)CCOCC2)n1. The molecule has 0 aromatic carbocycles. The van der Waals surface area contributed by atoms with Gasteiger partial charge in [-0.3, -0.25) is 0 Å². The predicted molar refractivity (Wildman–Crippen MR) is 72.8 cm³/mol. The lowest BCUT2D eigenvalue weighted by Gasteiger charge is -2.37. The fourth-order valence-electron chi connectivity index (χ4n) is 1.91.